The van der Waals surface area contributed by atoms with Crippen LogP contribution in [0.4, 0.5) is 35.2 Å². The summed E-state index contributed by atoms with van der Waals surface area (Å²) in [5.41, 5.74) is 5.23. The van der Waals surface area contributed by atoms with Crippen molar-refractivity contribution in [3.63, 3.8) is 0 Å². The van der Waals surface area contributed by atoms with E-state index in [-0.39, 0.29) is 11.9 Å². The van der Waals surface area contributed by atoms with E-state index in [9.17, 15) is 27.6 Å². The van der Waals surface area contributed by atoms with Gasteiger partial charge in [-0.05, 0) is 106 Å². The van der Waals surface area contributed by atoms with E-state index in [4.69, 9.17) is 9.51 Å². The number of benzene rings is 2. The van der Waals surface area contributed by atoms with Gasteiger partial charge in [0.25, 0.3) is 11.7 Å². The maximum atomic E-state index is 13.5. The van der Waals surface area contributed by atoms with Gasteiger partial charge >= 0.3 is 12.2 Å². The van der Waals surface area contributed by atoms with E-state index in [2.05, 4.69) is 74.7 Å². The molecule has 3 fully saturated rings. The van der Waals surface area contributed by atoms with Crippen LogP contribution in [0.1, 0.15) is 73.7 Å². The van der Waals surface area contributed by atoms with Crippen molar-refractivity contribution >= 4 is 46.1 Å². The Morgan fingerprint density at radius 3 is 2.29 bits per heavy atom. The van der Waals surface area contributed by atoms with Crippen LogP contribution in [0.3, 0.4) is 0 Å². The number of carbonyl (C=O) groups excluding carboxylic acids is 3. The molecule has 3 aliphatic rings. The Kier molecular flexibility index (Phi) is 12.0. The zero-order chi connectivity index (χ0) is 46.3. The molecule has 7 heterocycles. The van der Waals surface area contributed by atoms with Crippen molar-refractivity contribution in [1.29, 1.82) is 0 Å². The third kappa shape index (κ3) is 9.03. The molecule has 0 bridgehead atoms. The number of aryl methyl sites for hydroxylation is 1. The first kappa shape index (κ1) is 44.3. The number of rotatable bonds is 11. The number of alkyl halides is 3. The smallest absolute Gasteiger partial charge is 0.372 e. The van der Waals surface area contributed by atoms with Crippen molar-refractivity contribution in [2.24, 2.45) is 5.92 Å². The summed E-state index contributed by atoms with van der Waals surface area (Å²) in [6.45, 7) is 12.7. The van der Waals surface area contributed by atoms with Crippen molar-refractivity contribution in [3.05, 3.63) is 96.0 Å². The van der Waals surface area contributed by atoms with Crippen LogP contribution in [0.5, 0.6) is 0 Å². The average Bonchev–Trinajstić information content (AvgIpc) is 3.99. The molecule has 16 nitrogen and oxygen atoms in total. The number of aromatic amines is 1. The first-order chi connectivity index (χ1) is 31.6. The summed E-state index contributed by atoms with van der Waals surface area (Å²) in [7, 11) is 0. The lowest BCUT2D eigenvalue weighted by Gasteiger charge is -2.39. The number of amides is 4. The number of nitrogens with zero attached hydrogens (tertiary/aromatic N) is 9. The third-order valence-electron chi connectivity index (χ3n) is 13.1. The molecule has 0 radical (unpaired) electrons. The Labute approximate surface area is 379 Å². The fraction of sp³-hybridized carbons (Fsp3) is 0.404. The lowest BCUT2D eigenvalue weighted by molar-refractivity contribution is -0.186. The molecule has 3 aliphatic heterocycles. The summed E-state index contributed by atoms with van der Waals surface area (Å²) in [5.74, 6) is -0.572. The molecule has 0 spiro atoms. The third-order valence-corrected chi connectivity index (χ3v) is 13.1. The molecule has 3 saturated heterocycles. The summed E-state index contributed by atoms with van der Waals surface area (Å²) >= 11 is 0. The van der Waals surface area contributed by atoms with Gasteiger partial charge in [0.1, 0.15) is 23.2 Å². The highest BCUT2D eigenvalue weighted by Crippen LogP contribution is 2.40. The molecule has 4 aromatic heterocycles. The average molecular weight is 905 g/mol. The van der Waals surface area contributed by atoms with Crippen molar-refractivity contribution < 1.29 is 32.1 Å². The number of anilines is 3. The van der Waals surface area contributed by atoms with Crippen LogP contribution in [-0.4, -0.2) is 111 Å². The lowest BCUT2D eigenvalue weighted by Crippen LogP contribution is -2.49. The quantitative estimate of drug-likeness (QED) is 0.119. The highest BCUT2D eigenvalue weighted by atomic mass is 19.4. The molecule has 3 N–H and O–H groups in total. The van der Waals surface area contributed by atoms with Gasteiger partial charge in [0, 0.05) is 98.6 Å². The molecule has 1 atom stereocenters. The highest BCUT2D eigenvalue weighted by molar-refractivity contribution is 6.05. The normalized spacial score (nSPS) is 17.3. The molecule has 0 aliphatic carbocycles. The monoisotopic (exact) mass is 904 g/mol. The summed E-state index contributed by atoms with van der Waals surface area (Å²) in [6.07, 6.45) is 1.32. The van der Waals surface area contributed by atoms with Gasteiger partial charge in [-0.2, -0.15) is 18.2 Å². The Morgan fingerprint density at radius 2 is 1.61 bits per heavy atom. The van der Waals surface area contributed by atoms with Gasteiger partial charge in [-0.3, -0.25) is 24.7 Å². The number of urea groups is 1. The van der Waals surface area contributed by atoms with Crippen molar-refractivity contribution in [1.82, 2.24) is 45.6 Å². The second-order valence-corrected chi connectivity index (χ2v) is 17.9. The fourth-order valence-corrected chi connectivity index (χ4v) is 8.95. The fourth-order valence-electron chi connectivity index (χ4n) is 8.95. The topological polar surface area (TPSA) is 182 Å². The van der Waals surface area contributed by atoms with Gasteiger partial charge < -0.3 is 24.6 Å². The molecule has 0 saturated carbocycles. The molecular weight excluding hydrogens is 854 g/mol. The molecule has 66 heavy (non-hydrogen) atoms. The first-order valence-electron chi connectivity index (χ1n) is 22.2. The van der Waals surface area contributed by atoms with Gasteiger partial charge in [-0.25, -0.2) is 19.7 Å². The van der Waals surface area contributed by atoms with Crippen LogP contribution in [0, 0.1) is 12.8 Å². The van der Waals surface area contributed by atoms with Gasteiger partial charge in [0.15, 0.2) is 0 Å². The van der Waals surface area contributed by atoms with Gasteiger partial charge in [-0.1, -0.05) is 17.3 Å². The number of pyridine rings is 1. The zero-order valence-electron chi connectivity index (χ0n) is 37.2. The van der Waals surface area contributed by atoms with E-state index in [0.717, 1.165) is 129 Å². The molecular formula is C47H51F3N12O4. The van der Waals surface area contributed by atoms with Gasteiger partial charge in [-0.15, -0.1) is 0 Å². The predicted molar refractivity (Wildman–Crippen MR) is 242 cm³/mol. The first-order valence-corrected chi connectivity index (χ1v) is 22.2. The molecule has 1 unspecified atom stereocenters. The van der Waals surface area contributed by atoms with Crippen LogP contribution in [-0.2, 0) is 10.2 Å². The molecule has 344 valence electrons. The van der Waals surface area contributed by atoms with E-state index < -0.39 is 35.3 Å². The maximum Gasteiger partial charge on any atom is 0.402 e. The largest absolute Gasteiger partial charge is 0.402 e. The lowest BCUT2D eigenvalue weighted by atomic mass is 9.93. The number of hydrogen-bond acceptors (Lipinski definition) is 12. The van der Waals surface area contributed by atoms with Crippen LogP contribution in [0.15, 0.2) is 77.7 Å². The number of hydrogen-bond donors (Lipinski definition) is 3. The minimum Gasteiger partial charge on any atom is -0.372 e. The molecule has 19 heteroatoms. The van der Waals surface area contributed by atoms with Crippen LogP contribution in [0.25, 0.3) is 33.5 Å². The summed E-state index contributed by atoms with van der Waals surface area (Å²) in [5, 5.41) is 9.48. The Bertz CT molecular complexity index is 2740. The number of halogens is 3. The predicted octanol–water partition coefficient (Wildman–Crippen LogP) is 7.19. The second-order valence-electron chi connectivity index (χ2n) is 17.9. The minimum absolute atomic E-state index is 0.233. The van der Waals surface area contributed by atoms with Crippen molar-refractivity contribution in [2.45, 2.75) is 64.6 Å². The number of imide groups is 1. The Balaban J connectivity index is 0.769. The van der Waals surface area contributed by atoms with Crippen molar-refractivity contribution in [2.75, 3.05) is 67.1 Å². The second kappa shape index (κ2) is 17.8. The number of nitrogens with one attached hydrogen (secondary N) is 3. The summed E-state index contributed by atoms with van der Waals surface area (Å²) < 4.78 is 45.3. The number of aromatic nitrogens is 6. The standard InChI is InChI=1S/C47H51F3N12O4/c1-28-23-31(5-11-35(28)29(2)54-43(64)42-57-44(66-58-42)46(3,4)47(48,49)50)40-36-24-37(55-41(36)53-27-52-40)32-6-12-38(51-25-32)61-21-19-59(20-22-61)26-30-13-16-60(17-14-30)33-7-9-34(10-8-33)62-18-15-39(63)56-45(62)65/h5-12,23-25,27,29-30H,13-22,26H2,1-4H3,(H,54,64)(H,52,53,55)(H,56,63,65). The van der Waals surface area contributed by atoms with E-state index in [0.29, 0.717) is 24.5 Å². The number of piperidine rings is 1. The summed E-state index contributed by atoms with van der Waals surface area (Å²) in [6, 6.07) is 19.1. The van der Waals surface area contributed by atoms with E-state index >= 15 is 0 Å². The van der Waals surface area contributed by atoms with E-state index in [1.165, 1.54) is 6.33 Å². The van der Waals surface area contributed by atoms with E-state index in [1.807, 2.05) is 49.5 Å². The maximum absolute atomic E-state index is 13.5. The van der Waals surface area contributed by atoms with Gasteiger partial charge in [0.05, 0.1) is 11.7 Å². The zero-order valence-corrected chi connectivity index (χ0v) is 37.2. The summed E-state index contributed by atoms with van der Waals surface area (Å²) in [4.78, 5) is 66.8. The molecule has 2 aromatic carbocycles. The Morgan fingerprint density at radius 1 is 0.879 bits per heavy atom. The molecule has 9 rings (SSSR count). The number of carbonyl (C=O) groups is 3. The molecule has 4 amide bonds. The minimum atomic E-state index is -4.64. The number of H-pyrrole nitrogens is 1. The van der Waals surface area contributed by atoms with Crippen LogP contribution < -0.4 is 25.3 Å². The number of fused-ring (bicyclic) bond motifs is 1. The SMILES string of the molecule is Cc1cc(-c2ncnc3[nH]c(-c4ccc(N5CCN(CC6CCN(c7ccc(N8CCC(=O)NC8=O)cc7)CC6)CC5)nc4)cc23)ccc1C(C)NC(=O)c1noc(C(C)(C)C(F)(F)F)n1. The molecule has 6 aromatic rings. The van der Waals surface area contributed by atoms with Crippen LogP contribution >= 0.6 is 0 Å². The Hall–Kier alpha value is -6.89. The van der Waals surface area contributed by atoms with Crippen LogP contribution in [0.2, 0.25) is 0 Å². The highest BCUT2D eigenvalue weighted by Gasteiger charge is 2.53. The number of piperazine rings is 1. The van der Waals surface area contributed by atoms with Crippen molar-refractivity contribution in [3.8, 4) is 22.5 Å². The van der Waals surface area contributed by atoms with Gasteiger partial charge in [0.2, 0.25) is 11.8 Å². The van der Waals surface area contributed by atoms with E-state index in [1.54, 1.807) is 11.8 Å².